The molecule has 168 valence electrons. The summed E-state index contributed by atoms with van der Waals surface area (Å²) in [4.78, 5) is 24.2. The second-order valence-corrected chi connectivity index (χ2v) is 8.99. The first-order chi connectivity index (χ1) is 13.8. The highest BCUT2D eigenvalue weighted by Crippen LogP contribution is 2.15. The van der Waals surface area contributed by atoms with Crippen molar-refractivity contribution in [3.05, 3.63) is 10.6 Å². The van der Waals surface area contributed by atoms with Crippen LogP contribution in [-0.2, 0) is 0 Å². The molecule has 0 aromatic carbocycles. The molecule has 0 aliphatic carbocycles. The highest BCUT2D eigenvalue weighted by Gasteiger charge is 2.14. The molecule has 0 unspecified atom stereocenters. The second-order valence-electron chi connectivity index (χ2n) is 8.31. The van der Waals surface area contributed by atoms with Gasteiger partial charge in [-0.05, 0) is 78.6 Å². The fourth-order valence-electron chi connectivity index (χ4n) is 1.96. The Labute approximate surface area is 188 Å². The van der Waals surface area contributed by atoms with E-state index < -0.39 is 0 Å². The van der Waals surface area contributed by atoms with E-state index >= 15 is 0 Å². The molecule has 0 radical (unpaired) electrons. The van der Waals surface area contributed by atoms with Crippen molar-refractivity contribution in [1.29, 1.82) is 0 Å². The number of aromatic nitrogens is 6. The molecule has 10 nitrogen and oxygen atoms in total. The Morgan fingerprint density at radius 2 is 0.867 bits per heavy atom. The van der Waals surface area contributed by atoms with Crippen LogP contribution in [-0.4, -0.2) is 54.1 Å². The van der Waals surface area contributed by atoms with E-state index in [9.17, 15) is 0 Å². The normalized spacial score (nSPS) is 11.3. The van der Waals surface area contributed by atoms with E-state index in [-0.39, 0.29) is 21.6 Å². The lowest BCUT2D eigenvalue weighted by Crippen LogP contribution is -2.27. The van der Waals surface area contributed by atoms with E-state index in [0.29, 0.717) is 23.8 Å². The molecular formula is C18H32Cl2N10. The first-order valence-corrected chi connectivity index (χ1v) is 10.4. The molecule has 2 rings (SSSR count). The van der Waals surface area contributed by atoms with Crippen LogP contribution in [0.4, 0.5) is 23.8 Å². The molecule has 2 aromatic heterocycles. The zero-order valence-electron chi connectivity index (χ0n) is 18.9. The number of nitrogens with one attached hydrogen (secondary N) is 4. The molecule has 0 saturated carbocycles. The smallest absolute Gasteiger partial charge is 0.229 e. The van der Waals surface area contributed by atoms with Crippen molar-refractivity contribution in [2.45, 2.75) is 66.5 Å². The molecule has 0 saturated heterocycles. The number of anilines is 4. The molecule has 0 spiro atoms. The second kappa shape index (κ2) is 11.3. The molecule has 0 aliphatic heterocycles. The SMILES string of the molecule is CCNc1nc(Cl)nc(NC(C)(C)C)n1.CCNc1nc(Cl)nc(NC(C)(C)C)n1. The summed E-state index contributed by atoms with van der Waals surface area (Å²) in [5.74, 6) is 1.95. The van der Waals surface area contributed by atoms with Crippen LogP contribution in [0, 0.1) is 0 Å². The number of rotatable bonds is 6. The predicted octanol–water partition coefficient (Wildman–Crippen LogP) is 4.33. The fourth-order valence-corrected chi connectivity index (χ4v) is 2.28. The predicted molar refractivity (Wildman–Crippen MR) is 125 cm³/mol. The Morgan fingerprint density at radius 3 is 1.13 bits per heavy atom. The first kappa shape index (κ1) is 25.8. The van der Waals surface area contributed by atoms with E-state index in [1.165, 1.54) is 0 Å². The Bertz CT molecular complexity index is 735. The lowest BCUT2D eigenvalue weighted by Gasteiger charge is -2.20. The molecule has 30 heavy (non-hydrogen) atoms. The van der Waals surface area contributed by atoms with Crippen LogP contribution in [0.1, 0.15) is 55.4 Å². The Balaban J connectivity index is 0.000000300. The molecule has 0 fully saturated rings. The topological polar surface area (TPSA) is 125 Å². The van der Waals surface area contributed by atoms with Gasteiger partial charge >= 0.3 is 0 Å². The largest absolute Gasteiger partial charge is 0.354 e. The van der Waals surface area contributed by atoms with Crippen molar-refractivity contribution in [3.8, 4) is 0 Å². The first-order valence-electron chi connectivity index (χ1n) is 9.68. The highest BCUT2D eigenvalue weighted by molar-refractivity contribution is 6.28. The Morgan fingerprint density at radius 1 is 0.567 bits per heavy atom. The monoisotopic (exact) mass is 458 g/mol. The van der Waals surface area contributed by atoms with Crippen LogP contribution in [0.15, 0.2) is 0 Å². The van der Waals surface area contributed by atoms with E-state index in [0.717, 1.165) is 13.1 Å². The van der Waals surface area contributed by atoms with Crippen molar-refractivity contribution >= 4 is 47.0 Å². The Kier molecular flexibility index (Phi) is 9.70. The number of halogens is 2. The van der Waals surface area contributed by atoms with Gasteiger partial charge in [-0.2, -0.15) is 29.9 Å². The minimum absolute atomic E-state index is 0.103. The third-order valence-corrected chi connectivity index (χ3v) is 3.20. The van der Waals surface area contributed by atoms with Gasteiger partial charge in [-0.15, -0.1) is 0 Å². The van der Waals surface area contributed by atoms with Gasteiger partial charge in [0, 0.05) is 24.2 Å². The molecule has 0 atom stereocenters. The van der Waals surface area contributed by atoms with Crippen LogP contribution >= 0.6 is 23.2 Å². The van der Waals surface area contributed by atoms with E-state index in [1.807, 2.05) is 55.4 Å². The summed E-state index contributed by atoms with van der Waals surface area (Å²) in [6, 6.07) is 0. The third-order valence-electron chi connectivity index (χ3n) is 2.86. The van der Waals surface area contributed by atoms with Crippen molar-refractivity contribution in [1.82, 2.24) is 29.9 Å². The maximum absolute atomic E-state index is 5.77. The van der Waals surface area contributed by atoms with Crippen molar-refractivity contribution < 1.29 is 0 Å². The minimum atomic E-state index is -0.103. The maximum Gasteiger partial charge on any atom is 0.229 e. The van der Waals surface area contributed by atoms with Crippen molar-refractivity contribution in [2.75, 3.05) is 34.4 Å². The highest BCUT2D eigenvalue weighted by atomic mass is 35.5. The lowest BCUT2D eigenvalue weighted by atomic mass is 10.1. The van der Waals surface area contributed by atoms with E-state index in [1.54, 1.807) is 0 Å². The van der Waals surface area contributed by atoms with Gasteiger partial charge in [0.1, 0.15) is 0 Å². The Hall–Kier alpha value is -2.20. The molecule has 12 heteroatoms. The fraction of sp³-hybridized carbons (Fsp3) is 0.667. The summed E-state index contributed by atoms with van der Waals surface area (Å²) in [6.07, 6.45) is 0. The van der Waals surface area contributed by atoms with Crippen LogP contribution in [0.25, 0.3) is 0 Å². The van der Waals surface area contributed by atoms with Gasteiger partial charge in [0.2, 0.25) is 34.4 Å². The summed E-state index contributed by atoms with van der Waals surface area (Å²) < 4.78 is 0. The molecule has 0 bridgehead atoms. The van der Waals surface area contributed by atoms with Crippen LogP contribution in [0.3, 0.4) is 0 Å². The van der Waals surface area contributed by atoms with Gasteiger partial charge in [0.25, 0.3) is 0 Å². The molecule has 0 amide bonds. The average Bonchev–Trinajstić information content (AvgIpc) is 2.51. The summed E-state index contributed by atoms with van der Waals surface area (Å²) in [5.41, 5.74) is -0.206. The standard InChI is InChI=1S/2C9H16ClN5/c2*1-5-11-7-12-6(10)13-8(14-7)15-9(2,3)4/h2*5H2,1-4H3,(H2,11,12,13,14,15). The van der Waals surface area contributed by atoms with Crippen molar-refractivity contribution in [3.63, 3.8) is 0 Å². The van der Waals surface area contributed by atoms with Gasteiger partial charge in [-0.1, -0.05) is 0 Å². The van der Waals surface area contributed by atoms with Crippen LogP contribution in [0.5, 0.6) is 0 Å². The summed E-state index contributed by atoms with van der Waals surface area (Å²) in [7, 11) is 0. The number of hydrogen-bond donors (Lipinski definition) is 4. The van der Waals surface area contributed by atoms with Gasteiger partial charge < -0.3 is 21.3 Å². The molecule has 4 N–H and O–H groups in total. The minimum Gasteiger partial charge on any atom is -0.354 e. The third kappa shape index (κ3) is 11.1. The zero-order valence-corrected chi connectivity index (χ0v) is 20.4. The summed E-state index contributed by atoms with van der Waals surface area (Å²) in [6.45, 7) is 17.6. The van der Waals surface area contributed by atoms with Gasteiger partial charge in [-0.25, -0.2) is 0 Å². The number of nitrogens with zero attached hydrogens (tertiary/aromatic N) is 6. The van der Waals surface area contributed by atoms with E-state index in [4.69, 9.17) is 23.2 Å². The summed E-state index contributed by atoms with van der Waals surface area (Å²) in [5, 5.41) is 12.6. The van der Waals surface area contributed by atoms with Crippen LogP contribution in [0.2, 0.25) is 10.6 Å². The van der Waals surface area contributed by atoms with E-state index in [2.05, 4.69) is 51.2 Å². The van der Waals surface area contributed by atoms with Gasteiger partial charge in [0.05, 0.1) is 0 Å². The van der Waals surface area contributed by atoms with Crippen LogP contribution < -0.4 is 21.3 Å². The quantitative estimate of drug-likeness (QED) is 0.496. The molecule has 2 aromatic rings. The average molecular weight is 459 g/mol. The number of hydrogen-bond acceptors (Lipinski definition) is 10. The molecule has 0 aliphatic rings. The molecule has 2 heterocycles. The maximum atomic E-state index is 5.77. The van der Waals surface area contributed by atoms with Crippen molar-refractivity contribution in [2.24, 2.45) is 0 Å². The van der Waals surface area contributed by atoms with Gasteiger partial charge in [-0.3, -0.25) is 0 Å². The summed E-state index contributed by atoms with van der Waals surface area (Å²) >= 11 is 11.5. The molecular weight excluding hydrogens is 427 g/mol. The lowest BCUT2D eigenvalue weighted by molar-refractivity contribution is 0.624. The zero-order chi connectivity index (χ0) is 22.9. The van der Waals surface area contributed by atoms with Gasteiger partial charge in [0.15, 0.2) is 0 Å².